The molecule has 0 aliphatic carbocycles. The van der Waals surface area contributed by atoms with Gasteiger partial charge in [0.15, 0.2) is 0 Å². The van der Waals surface area contributed by atoms with Gasteiger partial charge in [-0.15, -0.1) is 0 Å². The third kappa shape index (κ3) is 4.37. The molecule has 0 fully saturated rings. The SMILES string of the molecule is OCCCNC1CCc2ccccc2N(c2ccc(C(F)(F)F)cc2)C1. The summed E-state index contributed by atoms with van der Waals surface area (Å²) < 4.78 is 38.6. The number of aliphatic hydroxyl groups excluding tert-OH is 1. The van der Waals surface area contributed by atoms with Crippen LogP contribution in [0.5, 0.6) is 0 Å². The molecule has 140 valence electrons. The van der Waals surface area contributed by atoms with Crippen molar-refractivity contribution in [3.63, 3.8) is 0 Å². The van der Waals surface area contributed by atoms with E-state index in [1.54, 1.807) is 0 Å². The lowest BCUT2D eigenvalue weighted by Gasteiger charge is -2.28. The molecule has 0 spiro atoms. The van der Waals surface area contributed by atoms with E-state index in [9.17, 15) is 13.2 Å². The van der Waals surface area contributed by atoms with Crippen LogP contribution >= 0.6 is 0 Å². The lowest BCUT2D eigenvalue weighted by molar-refractivity contribution is -0.137. The molecule has 26 heavy (non-hydrogen) atoms. The zero-order chi connectivity index (χ0) is 18.6. The van der Waals surface area contributed by atoms with E-state index in [1.165, 1.54) is 17.7 Å². The molecule has 2 aromatic carbocycles. The third-order valence-corrected chi connectivity index (χ3v) is 4.72. The highest BCUT2D eigenvalue weighted by Gasteiger charge is 2.30. The minimum absolute atomic E-state index is 0.141. The van der Waals surface area contributed by atoms with Crippen molar-refractivity contribution in [2.45, 2.75) is 31.5 Å². The summed E-state index contributed by atoms with van der Waals surface area (Å²) in [6.45, 7) is 1.54. The van der Waals surface area contributed by atoms with Crippen molar-refractivity contribution < 1.29 is 18.3 Å². The summed E-state index contributed by atoms with van der Waals surface area (Å²) in [4.78, 5) is 2.08. The van der Waals surface area contributed by atoms with Gasteiger partial charge < -0.3 is 15.3 Å². The number of fused-ring (bicyclic) bond motifs is 1. The second-order valence-electron chi connectivity index (χ2n) is 6.55. The predicted octanol–water partition coefficient (Wildman–Crippen LogP) is 4.13. The Hall–Kier alpha value is -2.05. The minimum Gasteiger partial charge on any atom is -0.396 e. The van der Waals surface area contributed by atoms with Gasteiger partial charge in [0.1, 0.15) is 0 Å². The molecule has 0 radical (unpaired) electrons. The maximum atomic E-state index is 12.9. The minimum atomic E-state index is -4.33. The van der Waals surface area contributed by atoms with Gasteiger partial charge in [0, 0.05) is 30.6 Å². The van der Waals surface area contributed by atoms with E-state index in [2.05, 4.69) is 16.3 Å². The van der Waals surface area contributed by atoms with Gasteiger partial charge >= 0.3 is 6.18 Å². The zero-order valence-corrected chi connectivity index (χ0v) is 14.5. The smallest absolute Gasteiger partial charge is 0.396 e. The molecule has 1 unspecified atom stereocenters. The molecule has 3 rings (SSSR count). The van der Waals surface area contributed by atoms with Crippen molar-refractivity contribution in [1.29, 1.82) is 0 Å². The molecule has 2 aromatic rings. The molecular formula is C20H23F3N2O. The monoisotopic (exact) mass is 364 g/mol. The maximum absolute atomic E-state index is 12.9. The molecule has 3 nitrogen and oxygen atoms in total. The number of benzene rings is 2. The Morgan fingerprint density at radius 2 is 1.81 bits per heavy atom. The van der Waals surface area contributed by atoms with E-state index < -0.39 is 11.7 Å². The Labute approximate surface area is 151 Å². The lowest BCUT2D eigenvalue weighted by Crippen LogP contribution is -2.39. The van der Waals surface area contributed by atoms with Crippen molar-refractivity contribution in [2.75, 3.05) is 24.6 Å². The van der Waals surface area contributed by atoms with Crippen molar-refractivity contribution in [1.82, 2.24) is 5.32 Å². The van der Waals surface area contributed by atoms with Crippen LogP contribution < -0.4 is 10.2 Å². The number of alkyl halides is 3. The molecule has 0 aromatic heterocycles. The van der Waals surface area contributed by atoms with Gasteiger partial charge in [0.25, 0.3) is 0 Å². The molecule has 0 amide bonds. The fourth-order valence-electron chi connectivity index (χ4n) is 3.35. The summed E-state index contributed by atoms with van der Waals surface area (Å²) in [5.41, 5.74) is 2.35. The summed E-state index contributed by atoms with van der Waals surface area (Å²) in [6.07, 6.45) is -1.79. The second kappa shape index (κ2) is 8.10. The van der Waals surface area contributed by atoms with E-state index in [0.717, 1.165) is 42.9 Å². The first kappa shape index (κ1) is 18.7. The van der Waals surface area contributed by atoms with Crippen molar-refractivity contribution >= 4 is 11.4 Å². The van der Waals surface area contributed by atoms with Crippen molar-refractivity contribution in [3.8, 4) is 0 Å². The molecule has 1 heterocycles. The summed E-state index contributed by atoms with van der Waals surface area (Å²) in [7, 11) is 0. The molecule has 2 N–H and O–H groups in total. The largest absolute Gasteiger partial charge is 0.416 e. The first-order valence-corrected chi connectivity index (χ1v) is 8.86. The average molecular weight is 364 g/mol. The van der Waals surface area contributed by atoms with Crippen LogP contribution in [0.3, 0.4) is 0 Å². The summed E-state index contributed by atoms with van der Waals surface area (Å²) in [5, 5.41) is 12.4. The number of aliphatic hydroxyl groups is 1. The highest BCUT2D eigenvalue weighted by Crippen LogP contribution is 2.35. The fraction of sp³-hybridized carbons (Fsp3) is 0.400. The predicted molar refractivity (Wildman–Crippen MR) is 96.7 cm³/mol. The number of hydrogen-bond acceptors (Lipinski definition) is 3. The van der Waals surface area contributed by atoms with Crippen molar-refractivity contribution in [2.24, 2.45) is 0 Å². The number of nitrogens with zero attached hydrogens (tertiary/aromatic N) is 1. The molecule has 0 saturated heterocycles. The van der Waals surface area contributed by atoms with Gasteiger partial charge in [-0.05, 0) is 61.7 Å². The Kier molecular flexibility index (Phi) is 5.84. The van der Waals surface area contributed by atoms with Gasteiger partial charge in [-0.3, -0.25) is 0 Å². The van der Waals surface area contributed by atoms with Crippen molar-refractivity contribution in [3.05, 3.63) is 59.7 Å². The Morgan fingerprint density at radius 3 is 2.50 bits per heavy atom. The molecule has 1 atom stereocenters. The van der Waals surface area contributed by atoms with E-state index in [0.29, 0.717) is 13.0 Å². The highest BCUT2D eigenvalue weighted by atomic mass is 19.4. The van der Waals surface area contributed by atoms with Crippen LogP contribution in [0.2, 0.25) is 0 Å². The van der Waals surface area contributed by atoms with E-state index in [1.807, 2.05) is 18.2 Å². The topological polar surface area (TPSA) is 35.5 Å². The number of rotatable bonds is 5. The van der Waals surface area contributed by atoms with Gasteiger partial charge in [-0.1, -0.05) is 18.2 Å². The zero-order valence-electron chi connectivity index (χ0n) is 14.5. The number of hydrogen-bond donors (Lipinski definition) is 2. The van der Waals surface area contributed by atoms with Crippen LogP contribution in [-0.2, 0) is 12.6 Å². The Morgan fingerprint density at radius 1 is 1.08 bits per heavy atom. The van der Waals surface area contributed by atoms with E-state index in [-0.39, 0.29) is 12.6 Å². The van der Waals surface area contributed by atoms with Crippen LogP contribution in [0.1, 0.15) is 24.0 Å². The van der Waals surface area contributed by atoms with Gasteiger partial charge in [-0.2, -0.15) is 13.2 Å². The molecule has 0 saturated carbocycles. The summed E-state index contributed by atoms with van der Waals surface area (Å²) >= 11 is 0. The second-order valence-corrected chi connectivity index (χ2v) is 6.55. The number of aryl methyl sites for hydroxylation is 1. The number of anilines is 2. The Balaban J connectivity index is 1.88. The first-order valence-electron chi connectivity index (χ1n) is 8.86. The van der Waals surface area contributed by atoms with Crippen LogP contribution in [0, 0.1) is 0 Å². The summed E-state index contributed by atoms with van der Waals surface area (Å²) in [6, 6.07) is 13.6. The quantitative estimate of drug-likeness (QED) is 0.783. The van der Waals surface area contributed by atoms with E-state index >= 15 is 0 Å². The van der Waals surface area contributed by atoms with Crippen LogP contribution in [0.15, 0.2) is 48.5 Å². The normalized spacial score (nSPS) is 17.7. The Bertz CT molecular complexity index is 716. The number of halogens is 3. The number of nitrogens with one attached hydrogen (secondary N) is 1. The average Bonchev–Trinajstić information content (AvgIpc) is 2.81. The highest BCUT2D eigenvalue weighted by molar-refractivity contribution is 5.67. The lowest BCUT2D eigenvalue weighted by atomic mass is 10.1. The van der Waals surface area contributed by atoms with Crippen LogP contribution in [0.4, 0.5) is 24.5 Å². The standard InChI is InChI=1S/C20H23F3N2O/c21-20(22,23)16-7-10-18(11-8-16)25-14-17(24-12-3-13-26)9-6-15-4-1-2-5-19(15)25/h1-2,4-5,7-8,10-11,17,24,26H,3,6,9,12-14H2. The number of para-hydroxylation sites is 1. The van der Waals surface area contributed by atoms with Gasteiger partial charge in [0.05, 0.1) is 5.56 Å². The summed E-state index contributed by atoms with van der Waals surface area (Å²) in [5.74, 6) is 0. The molecule has 1 aliphatic rings. The van der Waals surface area contributed by atoms with E-state index in [4.69, 9.17) is 5.11 Å². The first-order chi connectivity index (χ1) is 12.5. The third-order valence-electron chi connectivity index (χ3n) is 4.72. The van der Waals surface area contributed by atoms with Crippen LogP contribution in [-0.4, -0.2) is 30.8 Å². The molecular weight excluding hydrogens is 341 g/mol. The fourth-order valence-corrected chi connectivity index (χ4v) is 3.35. The maximum Gasteiger partial charge on any atom is 0.416 e. The van der Waals surface area contributed by atoms with Gasteiger partial charge in [0.2, 0.25) is 0 Å². The molecule has 1 aliphatic heterocycles. The molecule has 6 heteroatoms. The van der Waals surface area contributed by atoms with Gasteiger partial charge in [-0.25, -0.2) is 0 Å². The van der Waals surface area contributed by atoms with Crippen LogP contribution in [0.25, 0.3) is 0 Å². The molecule has 0 bridgehead atoms.